The summed E-state index contributed by atoms with van der Waals surface area (Å²) in [4.78, 5) is 15.4. The number of hydrogen-bond acceptors (Lipinski definition) is 8. The van der Waals surface area contributed by atoms with Crippen LogP contribution in [0.3, 0.4) is 0 Å². The minimum atomic E-state index is 0.451. The molecule has 0 saturated carbocycles. The van der Waals surface area contributed by atoms with Crippen molar-refractivity contribution in [2.24, 2.45) is 0 Å². The molecule has 0 unspecified atom stereocenters. The van der Waals surface area contributed by atoms with Gasteiger partial charge >= 0.3 is 0 Å². The molecular formula is C35H30N6O2S. The van der Waals surface area contributed by atoms with E-state index in [0.717, 1.165) is 62.4 Å². The number of aromatic nitrogens is 4. The van der Waals surface area contributed by atoms with Crippen LogP contribution in [0.4, 0.5) is 11.6 Å². The fourth-order valence-electron chi connectivity index (χ4n) is 4.84. The van der Waals surface area contributed by atoms with Gasteiger partial charge in [-0.3, -0.25) is 0 Å². The summed E-state index contributed by atoms with van der Waals surface area (Å²) in [5, 5.41) is 13.4. The maximum atomic E-state index is 10.1. The van der Waals surface area contributed by atoms with E-state index >= 15 is 0 Å². The highest BCUT2D eigenvalue weighted by atomic mass is 32.1. The van der Waals surface area contributed by atoms with E-state index in [9.17, 15) is 5.26 Å². The van der Waals surface area contributed by atoms with Crippen LogP contribution < -0.4 is 14.8 Å². The Morgan fingerprint density at radius 2 is 1.73 bits per heavy atom. The summed E-state index contributed by atoms with van der Waals surface area (Å²) in [6.07, 6.45) is 6.46. The maximum Gasteiger partial charge on any atom is 0.227 e. The summed E-state index contributed by atoms with van der Waals surface area (Å²) < 4.78 is 14.1. The van der Waals surface area contributed by atoms with E-state index in [4.69, 9.17) is 14.5 Å². The number of benzene rings is 3. The minimum absolute atomic E-state index is 0.451. The highest BCUT2D eigenvalue weighted by molar-refractivity contribution is 7.16. The van der Waals surface area contributed by atoms with Gasteiger partial charge in [0.2, 0.25) is 5.95 Å². The molecule has 6 rings (SSSR count). The van der Waals surface area contributed by atoms with Crippen molar-refractivity contribution < 1.29 is 9.47 Å². The van der Waals surface area contributed by atoms with Crippen molar-refractivity contribution in [1.29, 1.82) is 5.26 Å². The molecular weight excluding hydrogens is 568 g/mol. The van der Waals surface area contributed by atoms with Gasteiger partial charge in [-0.2, -0.15) is 5.26 Å². The average molecular weight is 599 g/mol. The third-order valence-corrected chi connectivity index (χ3v) is 8.00. The molecule has 0 saturated heterocycles. The number of nitriles is 1. The zero-order chi connectivity index (χ0) is 30.3. The van der Waals surface area contributed by atoms with Gasteiger partial charge in [0, 0.05) is 41.1 Å². The lowest BCUT2D eigenvalue weighted by molar-refractivity contribution is 0.302. The zero-order valence-electron chi connectivity index (χ0n) is 24.4. The van der Waals surface area contributed by atoms with Crippen LogP contribution in [0, 0.1) is 25.2 Å². The number of thiophene rings is 1. The molecule has 6 aromatic rings. The second-order valence-corrected chi connectivity index (χ2v) is 11.4. The molecule has 0 atom stereocenters. The number of rotatable bonds is 11. The second kappa shape index (κ2) is 13.2. The number of ether oxygens (including phenoxy) is 2. The number of nitrogens with zero attached hydrogens (tertiary/aromatic N) is 5. The topological polar surface area (TPSA) is 97.9 Å². The van der Waals surface area contributed by atoms with Crippen molar-refractivity contribution in [2.75, 3.05) is 11.9 Å². The predicted molar refractivity (Wildman–Crippen MR) is 174 cm³/mol. The van der Waals surface area contributed by atoms with Crippen molar-refractivity contribution in [2.45, 2.75) is 26.8 Å². The summed E-state index contributed by atoms with van der Waals surface area (Å²) in [5.41, 5.74) is 4.90. The largest absolute Gasteiger partial charge is 0.493 e. The van der Waals surface area contributed by atoms with Gasteiger partial charge in [0.1, 0.15) is 23.3 Å². The van der Waals surface area contributed by atoms with Gasteiger partial charge in [-0.15, -0.1) is 11.3 Å². The summed E-state index contributed by atoms with van der Waals surface area (Å²) >= 11 is 1.54. The smallest absolute Gasteiger partial charge is 0.227 e. The van der Waals surface area contributed by atoms with Crippen molar-refractivity contribution in [3.05, 3.63) is 120 Å². The number of hydrogen-bond donors (Lipinski definition) is 1. The van der Waals surface area contributed by atoms with E-state index in [2.05, 4.69) is 25.9 Å². The molecule has 0 amide bonds. The van der Waals surface area contributed by atoms with E-state index < -0.39 is 0 Å². The van der Waals surface area contributed by atoms with Crippen LogP contribution in [0.15, 0.2) is 104 Å². The monoisotopic (exact) mass is 598 g/mol. The molecule has 3 heterocycles. The maximum absolute atomic E-state index is 10.1. The Bertz CT molecular complexity index is 1930. The van der Waals surface area contributed by atoms with Gasteiger partial charge in [-0.05, 0) is 68.3 Å². The minimum Gasteiger partial charge on any atom is -0.493 e. The first-order chi connectivity index (χ1) is 21.6. The zero-order valence-corrected chi connectivity index (χ0v) is 25.2. The Hall–Kier alpha value is -5.46. The third kappa shape index (κ3) is 6.77. The number of nitrogens with one attached hydrogen (secondary N) is 1. The van der Waals surface area contributed by atoms with Crippen LogP contribution >= 0.6 is 11.3 Å². The van der Waals surface area contributed by atoms with Gasteiger partial charge in [-0.1, -0.05) is 36.4 Å². The summed E-state index contributed by atoms with van der Waals surface area (Å²) in [6, 6.07) is 29.5. The van der Waals surface area contributed by atoms with Gasteiger partial charge in [-0.25, -0.2) is 15.0 Å². The molecule has 9 heteroatoms. The Morgan fingerprint density at radius 3 is 2.55 bits per heavy atom. The number of aryl methyl sites for hydroxylation is 3. The van der Waals surface area contributed by atoms with Gasteiger partial charge in [0.15, 0.2) is 0 Å². The molecule has 1 N–H and O–H groups in total. The van der Waals surface area contributed by atoms with Crippen LogP contribution in [-0.4, -0.2) is 26.1 Å². The first-order valence-corrected chi connectivity index (χ1v) is 15.1. The predicted octanol–water partition coefficient (Wildman–Crippen LogP) is 8.56. The summed E-state index contributed by atoms with van der Waals surface area (Å²) in [7, 11) is 0. The lowest BCUT2D eigenvalue weighted by atomic mass is 9.99. The van der Waals surface area contributed by atoms with Gasteiger partial charge in [0.25, 0.3) is 0 Å². The fourth-order valence-corrected chi connectivity index (χ4v) is 5.94. The van der Waals surface area contributed by atoms with E-state index in [0.29, 0.717) is 23.9 Å². The molecule has 0 aliphatic heterocycles. The first kappa shape index (κ1) is 28.6. The Kier molecular flexibility index (Phi) is 8.62. The van der Waals surface area contributed by atoms with Crippen LogP contribution in [0.5, 0.6) is 17.2 Å². The Balaban J connectivity index is 1.20. The molecule has 44 heavy (non-hydrogen) atoms. The molecule has 0 bridgehead atoms. The molecule has 0 aliphatic carbocycles. The molecule has 3 aromatic heterocycles. The van der Waals surface area contributed by atoms with Crippen LogP contribution in [0.25, 0.3) is 21.7 Å². The van der Waals surface area contributed by atoms with Gasteiger partial charge < -0.3 is 19.4 Å². The number of anilines is 2. The lowest BCUT2D eigenvalue weighted by Gasteiger charge is -2.11. The normalized spacial score (nSPS) is 10.8. The Morgan fingerprint density at radius 1 is 0.909 bits per heavy atom. The van der Waals surface area contributed by atoms with Crippen LogP contribution in [0.2, 0.25) is 0 Å². The highest BCUT2D eigenvalue weighted by Crippen LogP contribution is 2.43. The van der Waals surface area contributed by atoms with Gasteiger partial charge in [0.05, 0.1) is 34.8 Å². The summed E-state index contributed by atoms with van der Waals surface area (Å²) in [5.74, 6) is 2.65. The molecule has 3 aromatic carbocycles. The lowest BCUT2D eigenvalue weighted by Crippen LogP contribution is -2.03. The fraction of sp³-hybridized carbons (Fsp3) is 0.143. The van der Waals surface area contributed by atoms with E-state index in [1.54, 1.807) is 17.5 Å². The van der Waals surface area contributed by atoms with Crippen LogP contribution in [0.1, 0.15) is 22.6 Å². The quantitative estimate of drug-likeness (QED) is 0.149. The van der Waals surface area contributed by atoms with E-state index in [1.807, 2.05) is 111 Å². The number of imidazole rings is 1. The Labute approximate surface area is 260 Å². The van der Waals surface area contributed by atoms with Crippen LogP contribution in [-0.2, 0) is 6.54 Å². The first-order valence-electron chi connectivity index (χ1n) is 14.2. The standard InChI is InChI=1S/C35H30N6O2S/c1-24-22-41(23-38-24)17-8-18-42-29-13-7-10-27(20-29)39-35-37-16-15-32(40-35)34-33(31(21-36)25(2)44-34)26-9-6-14-30(19-26)43-28-11-4-3-5-12-28/h3-7,9-16,19-20,22-23H,8,17-18H2,1-2H3,(H,37,39,40). The summed E-state index contributed by atoms with van der Waals surface area (Å²) in [6.45, 7) is 5.38. The third-order valence-electron chi connectivity index (χ3n) is 6.87. The molecule has 0 aliphatic rings. The molecule has 0 spiro atoms. The van der Waals surface area contributed by atoms with Crippen molar-refractivity contribution in [3.8, 4) is 45.0 Å². The molecule has 218 valence electrons. The van der Waals surface area contributed by atoms with E-state index in [1.165, 1.54) is 0 Å². The second-order valence-electron chi connectivity index (χ2n) is 10.2. The number of para-hydroxylation sites is 1. The average Bonchev–Trinajstić information content (AvgIpc) is 3.62. The molecule has 0 radical (unpaired) electrons. The van der Waals surface area contributed by atoms with Crippen molar-refractivity contribution in [1.82, 2.24) is 19.5 Å². The SMILES string of the molecule is Cc1cn(CCCOc2cccc(Nc3nccc(-c4sc(C)c(C#N)c4-c4cccc(Oc5ccccc5)c4)n3)c2)cn1. The van der Waals surface area contributed by atoms with Crippen molar-refractivity contribution >= 4 is 23.0 Å². The molecule has 0 fully saturated rings. The molecule has 8 nitrogen and oxygen atoms in total. The van der Waals surface area contributed by atoms with Crippen molar-refractivity contribution in [3.63, 3.8) is 0 Å². The highest BCUT2D eigenvalue weighted by Gasteiger charge is 2.21. The van der Waals surface area contributed by atoms with E-state index in [-0.39, 0.29) is 0 Å².